The van der Waals surface area contributed by atoms with Gasteiger partial charge in [0.15, 0.2) is 0 Å². The zero-order valence-electron chi connectivity index (χ0n) is 19.2. The second-order valence-corrected chi connectivity index (χ2v) is 9.21. The van der Waals surface area contributed by atoms with Gasteiger partial charge in [-0.3, -0.25) is 4.98 Å². The van der Waals surface area contributed by atoms with E-state index < -0.39 is 0 Å². The smallest absolute Gasteiger partial charge is 0.338 e. The third-order valence-electron chi connectivity index (χ3n) is 7.43. The number of ether oxygens (including phenoxy) is 1. The van der Waals surface area contributed by atoms with Gasteiger partial charge in [0.05, 0.1) is 29.2 Å². The number of rotatable bonds is 4. The summed E-state index contributed by atoms with van der Waals surface area (Å²) in [6, 6.07) is 10.6. The molecule has 33 heavy (non-hydrogen) atoms. The summed E-state index contributed by atoms with van der Waals surface area (Å²) in [7, 11) is 1.40. The number of hydrogen-bond acceptors (Lipinski definition) is 4. The summed E-state index contributed by atoms with van der Waals surface area (Å²) in [4.78, 5) is 24.8. The number of methoxy groups -OCH3 is 1. The lowest BCUT2D eigenvalue weighted by molar-refractivity contribution is 0.0600. The van der Waals surface area contributed by atoms with Crippen LogP contribution in [0.2, 0.25) is 0 Å². The summed E-state index contributed by atoms with van der Waals surface area (Å²) >= 11 is 0. The lowest BCUT2D eigenvalue weighted by Gasteiger charge is -2.32. The fraction of sp³-hybridized carbons (Fsp3) is 0.370. The summed E-state index contributed by atoms with van der Waals surface area (Å²) in [6.45, 7) is 4.16. The van der Waals surface area contributed by atoms with E-state index in [4.69, 9.17) is 9.72 Å². The Hall–Kier alpha value is -3.28. The van der Waals surface area contributed by atoms with Crippen molar-refractivity contribution in [2.45, 2.75) is 51.4 Å². The standard InChI is InChI=1S/C27H28FN3O2/c1-15(26-30-24-11-9-20(27(32)33-3)16(2)25(24)31-26)17-4-6-18(7-5-17)21-12-13-29-23-10-8-19(28)14-22(21)23/h8-15,17-18H,4-7H2,1-3H3,(H,30,31). The molecule has 1 N–H and O–H groups in total. The normalized spacial score (nSPS) is 19.6. The minimum Gasteiger partial charge on any atom is -0.465 e. The zero-order valence-corrected chi connectivity index (χ0v) is 19.2. The van der Waals surface area contributed by atoms with E-state index in [1.165, 1.54) is 18.7 Å². The first-order chi connectivity index (χ1) is 16.0. The highest BCUT2D eigenvalue weighted by atomic mass is 19.1. The zero-order chi connectivity index (χ0) is 23.1. The quantitative estimate of drug-likeness (QED) is 0.368. The van der Waals surface area contributed by atoms with Gasteiger partial charge in [-0.15, -0.1) is 0 Å². The minimum absolute atomic E-state index is 0.213. The molecule has 0 saturated heterocycles. The van der Waals surface area contributed by atoms with Gasteiger partial charge in [-0.25, -0.2) is 14.2 Å². The molecule has 1 aliphatic carbocycles. The monoisotopic (exact) mass is 445 g/mol. The second-order valence-electron chi connectivity index (χ2n) is 9.21. The molecule has 2 heterocycles. The van der Waals surface area contributed by atoms with Crippen LogP contribution in [-0.4, -0.2) is 28.0 Å². The maximum Gasteiger partial charge on any atom is 0.338 e. The van der Waals surface area contributed by atoms with Crippen molar-refractivity contribution in [3.63, 3.8) is 0 Å². The number of carbonyl (C=O) groups excluding carboxylic acids is 1. The number of benzene rings is 2. The molecule has 0 aliphatic heterocycles. The van der Waals surface area contributed by atoms with E-state index in [-0.39, 0.29) is 17.7 Å². The first-order valence-electron chi connectivity index (χ1n) is 11.6. The third-order valence-corrected chi connectivity index (χ3v) is 7.43. The van der Waals surface area contributed by atoms with Gasteiger partial charge in [-0.2, -0.15) is 0 Å². The molecular formula is C27H28FN3O2. The van der Waals surface area contributed by atoms with Gasteiger partial charge < -0.3 is 9.72 Å². The molecule has 0 amide bonds. The number of aromatic nitrogens is 3. The maximum atomic E-state index is 13.9. The van der Waals surface area contributed by atoms with Crippen molar-refractivity contribution < 1.29 is 13.9 Å². The number of pyridine rings is 1. The van der Waals surface area contributed by atoms with Crippen LogP contribution in [0, 0.1) is 18.7 Å². The summed E-state index contributed by atoms with van der Waals surface area (Å²) < 4.78 is 18.8. The van der Waals surface area contributed by atoms with Crippen molar-refractivity contribution >= 4 is 27.9 Å². The number of H-pyrrole nitrogens is 1. The van der Waals surface area contributed by atoms with Crippen LogP contribution in [0.25, 0.3) is 21.9 Å². The molecule has 0 radical (unpaired) electrons. The van der Waals surface area contributed by atoms with Crippen LogP contribution in [0.1, 0.15) is 71.8 Å². The number of imidazole rings is 1. The average molecular weight is 446 g/mol. The molecule has 0 bridgehead atoms. The van der Waals surface area contributed by atoms with E-state index >= 15 is 0 Å². The molecule has 6 heteroatoms. The summed E-state index contributed by atoms with van der Waals surface area (Å²) in [5.74, 6) is 1.64. The van der Waals surface area contributed by atoms with E-state index in [1.807, 2.05) is 19.2 Å². The van der Waals surface area contributed by atoms with Crippen LogP contribution in [0.3, 0.4) is 0 Å². The van der Waals surface area contributed by atoms with Gasteiger partial charge in [0.2, 0.25) is 0 Å². The Bertz CT molecular complexity index is 1340. The van der Waals surface area contributed by atoms with Crippen molar-refractivity contribution in [2.24, 2.45) is 5.92 Å². The number of esters is 1. The predicted molar refractivity (Wildman–Crippen MR) is 127 cm³/mol. The van der Waals surface area contributed by atoms with Crippen LogP contribution in [0.5, 0.6) is 0 Å². The van der Waals surface area contributed by atoms with E-state index in [1.54, 1.807) is 18.2 Å². The fourth-order valence-electron chi connectivity index (χ4n) is 5.43. The molecule has 1 atom stereocenters. The Morgan fingerprint density at radius 1 is 1.12 bits per heavy atom. The first-order valence-corrected chi connectivity index (χ1v) is 11.6. The minimum atomic E-state index is -0.333. The molecule has 0 spiro atoms. The van der Waals surface area contributed by atoms with Crippen molar-refractivity contribution in [3.8, 4) is 0 Å². The second kappa shape index (κ2) is 8.58. The topological polar surface area (TPSA) is 67.9 Å². The fourth-order valence-corrected chi connectivity index (χ4v) is 5.43. The number of aryl methyl sites for hydroxylation is 1. The van der Waals surface area contributed by atoms with Crippen LogP contribution in [-0.2, 0) is 4.74 Å². The molecule has 2 aromatic heterocycles. The molecule has 1 unspecified atom stereocenters. The van der Waals surface area contributed by atoms with Gasteiger partial charge in [0.25, 0.3) is 0 Å². The van der Waals surface area contributed by atoms with Crippen molar-refractivity contribution in [1.29, 1.82) is 0 Å². The van der Waals surface area contributed by atoms with Gasteiger partial charge in [-0.1, -0.05) is 6.92 Å². The molecule has 5 nitrogen and oxygen atoms in total. The highest BCUT2D eigenvalue weighted by molar-refractivity contribution is 5.96. The number of aromatic amines is 1. The Kier molecular flexibility index (Phi) is 5.60. The van der Waals surface area contributed by atoms with Crippen molar-refractivity contribution in [3.05, 3.63) is 70.9 Å². The van der Waals surface area contributed by atoms with E-state index in [0.29, 0.717) is 17.4 Å². The Labute approximate surface area is 192 Å². The van der Waals surface area contributed by atoms with Crippen LogP contribution >= 0.6 is 0 Å². The molecule has 5 rings (SSSR count). The molecule has 1 aliphatic rings. The van der Waals surface area contributed by atoms with E-state index in [0.717, 1.165) is 59.0 Å². The van der Waals surface area contributed by atoms with E-state index in [9.17, 15) is 9.18 Å². The lowest BCUT2D eigenvalue weighted by atomic mass is 9.73. The number of halogens is 1. The number of fused-ring (bicyclic) bond motifs is 2. The molecule has 170 valence electrons. The molecular weight excluding hydrogens is 417 g/mol. The summed E-state index contributed by atoms with van der Waals surface area (Å²) in [5.41, 5.74) is 5.27. The number of carbonyl (C=O) groups is 1. The van der Waals surface area contributed by atoms with Crippen LogP contribution in [0.15, 0.2) is 42.6 Å². The first kappa shape index (κ1) is 21.6. The molecule has 4 aromatic rings. The Morgan fingerprint density at radius 2 is 1.88 bits per heavy atom. The summed E-state index contributed by atoms with van der Waals surface area (Å²) in [5, 5.41) is 0.933. The Morgan fingerprint density at radius 3 is 2.64 bits per heavy atom. The largest absolute Gasteiger partial charge is 0.465 e. The van der Waals surface area contributed by atoms with Gasteiger partial charge >= 0.3 is 5.97 Å². The maximum absolute atomic E-state index is 13.9. The highest BCUT2D eigenvalue weighted by Crippen LogP contribution is 2.43. The Balaban J connectivity index is 1.34. The van der Waals surface area contributed by atoms with Crippen LogP contribution in [0.4, 0.5) is 4.39 Å². The van der Waals surface area contributed by atoms with Crippen LogP contribution < -0.4 is 0 Å². The lowest BCUT2D eigenvalue weighted by Crippen LogP contribution is -2.19. The number of nitrogens with zero attached hydrogens (tertiary/aromatic N) is 2. The van der Waals surface area contributed by atoms with Gasteiger partial charge in [0.1, 0.15) is 11.6 Å². The average Bonchev–Trinajstić information content (AvgIpc) is 3.28. The predicted octanol–water partition coefficient (Wildman–Crippen LogP) is 6.42. The highest BCUT2D eigenvalue weighted by Gasteiger charge is 2.29. The number of nitrogens with one attached hydrogen (secondary N) is 1. The molecule has 1 saturated carbocycles. The summed E-state index contributed by atoms with van der Waals surface area (Å²) in [6.07, 6.45) is 6.15. The van der Waals surface area contributed by atoms with Gasteiger partial charge in [0, 0.05) is 17.5 Å². The van der Waals surface area contributed by atoms with Crippen molar-refractivity contribution in [1.82, 2.24) is 15.0 Å². The van der Waals surface area contributed by atoms with Gasteiger partial charge in [-0.05, 0) is 92.0 Å². The molecule has 2 aromatic carbocycles. The third kappa shape index (κ3) is 3.88. The molecule has 1 fully saturated rings. The van der Waals surface area contributed by atoms with Crippen molar-refractivity contribution in [2.75, 3.05) is 7.11 Å². The number of hydrogen-bond donors (Lipinski definition) is 1. The SMILES string of the molecule is COC(=O)c1ccc2nc(C(C)C3CCC(c4ccnc5ccc(F)cc45)CC3)[nH]c2c1C. The van der Waals surface area contributed by atoms with E-state index in [2.05, 4.69) is 23.0 Å².